The minimum absolute atomic E-state index is 0.0286. The van der Waals surface area contributed by atoms with Crippen LogP contribution in [0.25, 0.3) is 0 Å². The monoisotopic (exact) mass is 275 g/mol. The van der Waals surface area contributed by atoms with E-state index < -0.39 is 31.1 Å². The van der Waals surface area contributed by atoms with Crippen LogP contribution >= 0.6 is 22.3 Å². The number of hydrogen-bond donors (Lipinski definition) is 0. The number of aromatic nitrogens is 1. The van der Waals surface area contributed by atoms with E-state index in [1.54, 1.807) is 0 Å². The van der Waals surface area contributed by atoms with Gasteiger partial charge in [0, 0.05) is 21.9 Å². The summed E-state index contributed by atoms with van der Waals surface area (Å²) in [5, 5.41) is -0.410. The van der Waals surface area contributed by atoms with Crippen LogP contribution in [0.4, 0.5) is 8.78 Å². The molecule has 0 radical (unpaired) electrons. The molecule has 0 spiro atoms. The zero-order valence-electron chi connectivity index (χ0n) is 7.34. The van der Waals surface area contributed by atoms with Gasteiger partial charge in [0.05, 0.1) is 0 Å². The number of hydrogen-bond acceptors (Lipinski definition) is 3. The quantitative estimate of drug-likeness (QED) is 0.616. The molecule has 8 heteroatoms. The van der Waals surface area contributed by atoms with E-state index in [9.17, 15) is 17.2 Å². The number of alkyl halides is 2. The average molecular weight is 276 g/mol. The van der Waals surface area contributed by atoms with E-state index in [-0.39, 0.29) is 5.69 Å². The Morgan fingerprint density at radius 1 is 1.47 bits per heavy atom. The summed E-state index contributed by atoms with van der Waals surface area (Å²) in [4.78, 5) is 2.88. The van der Waals surface area contributed by atoms with Crippen molar-refractivity contribution in [3.63, 3.8) is 0 Å². The Hall–Kier alpha value is -0.460. The van der Waals surface area contributed by atoms with E-state index in [1.807, 2.05) is 0 Å². The Morgan fingerprint density at radius 2 is 2.00 bits per heavy atom. The summed E-state index contributed by atoms with van der Waals surface area (Å²) in [7, 11) is 0.834. The van der Waals surface area contributed by atoms with Crippen LogP contribution in [0.15, 0.2) is 11.0 Å². The molecule has 0 N–H and O–H groups in total. The fourth-order valence-electron chi connectivity index (χ4n) is 0.964. The number of aryl methyl sites for hydroxylation is 1. The Balaban J connectivity index is 3.50. The van der Waals surface area contributed by atoms with Gasteiger partial charge >= 0.3 is 0 Å². The van der Waals surface area contributed by atoms with Crippen LogP contribution in [0.1, 0.15) is 17.7 Å². The van der Waals surface area contributed by atoms with Crippen molar-refractivity contribution >= 4 is 31.3 Å². The van der Waals surface area contributed by atoms with E-state index in [2.05, 4.69) is 4.98 Å². The first kappa shape index (κ1) is 12.6. The van der Waals surface area contributed by atoms with Crippen LogP contribution in [-0.4, -0.2) is 13.4 Å². The Bertz CT molecular complexity index is 490. The van der Waals surface area contributed by atoms with Gasteiger partial charge in [-0.15, -0.1) is 0 Å². The third kappa shape index (κ3) is 2.76. The molecule has 0 saturated carbocycles. The number of nitrogens with zero attached hydrogens (tertiary/aromatic N) is 1. The molecule has 0 saturated heterocycles. The maximum absolute atomic E-state index is 12.4. The third-order valence-corrected chi connectivity index (χ3v) is 3.41. The van der Waals surface area contributed by atoms with Gasteiger partial charge in [-0.2, -0.15) is 0 Å². The molecule has 1 heterocycles. The Morgan fingerprint density at radius 3 is 2.40 bits per heavy atom. The normalized spacial score (nSPS) is 12.1. The lowest BCUT2D eigenvalue weighted by atomic mass is 10.2. The maximum Gasteiger partial charge on any atom is 0.265 e. The van der Waals surface area contributed by atoms with Gasteiger partial charge in [0.15, 0.2) is 0 Å². The van der Waals surface area contributed by atoms with Gasteiger partial charge < -0.3 is 0 Å². The molecular formula is C7H5Cl2F2NO2S. The number of halogens is 4. The second-order valence-electron chi connectivity index (χ2n) is 2.69. The average Bonchev–Trinajstić information content (AvgIpc) is 2.00. The smallest absolute Gasteiger partial charge is 0.240 e. The molecule has 0 aliphatic heterocycles. The van der Waals surface area contributed by atoms with Gasteiger partial charge in [-0.05, 0) is 13.0 Å². The highest BCUT2D eigenvalue weighted by atomic mass is 35.7. The lowest BCUT2D eigenvalue weighted by Gasteiger charge is -2.07. The summed E-state index contributed by atoms with van der Waals surface area (Å²) in [5.74, 6) is 0. The second kappa shape index (κ2) is 4.19. The largest absolute Gasteiger partial charge is 0.265 e. The van der Waals surface area contributed by atoms with Crippen molar-refractivity contribution < 1.29 is 17.2 Å². The highest BCUT2D eigenvalue weighted by Gasteiger charge is 2.21. The summed E-state index contributed by atoms with van der Waals surface area (Å²) < 4.78 is 46.7. The van der Waals surface area contributed by atoms with Crippen molar-refractivity contribution in [3.8, 4) is 0 Å². The molecule has 0 aromatic carbocycles. The van der Waals surface area contributed by atoms with Crippen LogP contribution in [0.2, 0.25) is 5.15 Å². The molecule has 0 amide bonds. The topological polar surface area (TPSA) is 47.0 Å². The summed E-state index contributed by atoms with van der Waals surface area (Å²) in [6.07, 6.45) is -2.83. The molecule has 0 fully saturated rings. The number of pyridine rings is 1. The van der Waals surface area contributed by atoms with Gasteiger partial charge in [0.2, 0.25) is 0 Å². The highest BCUT2D eigenvalue weighted by Crippen LogP contribution is 2.29. The van der Waals surface area contributed by atoms with Crippen molar-refractivity contribution in [2.45, 2.75) is 18.2 Å². The van der Waals surface area contributed by atoms with E-state index in [0.717, 1.165) is 6.07 Å². The van der Waals surface area contributed by atoms with Crippen LogP contribution < -0.4 is 0 Å². The van der Waals surface area contributed by atoms with Gasteiger partial charge in [-0.3, -0.25) is 0 Å². The summed E-state index contributed by atoms with van der Waals surface area (Å²) in [6, 6.07) is 0.734. The first-order valence-electron chi connectivity index (χ1n) is 3.63. The van der Waals surface area contributed by atoms with Crippen molar-refractivity contribution in [2.75, 3.05) is 0 Å². The molecule has 0 aliphatic carbocycles. The molecular weight excluding hydrogens is 271 g/mol. The fourth-order valence-corrected chi connectivity index (χ4v) is 2.44. The van der Waals surface area contributed by atoms with Crippen LogP contribution in [0.3, 0.4) is 0 Å². The second-order valence-corrected chi connectivity index (χ2v) is 5.58. The van der Waals surface area contributed by atoms with Gasteiger partial charge in [-0.1, -0.05) is 11.6 Å². The maximum atomic E-state index is 12.4. The first-order chi connectivity index (χ1) is 6.73. The van der Waals surface area contributed by atoms with Gasteiger partial charge in [0.25, 0.3) is 15.5 Å². The molecule has 0 bridgehead atoms. The lowest BCUT2D eigenvalue weighted by Crippen LogP contribution is -2.00. The summed E-state index contributed by atoms with van der Waals surface area (Å²) in [5.41, 5.74) is -0.530. The molecule has 84 valence electrons. The molecule has 0 atom stereocenters. The van der Waals surface area contributed by atoms with E-state index in [4.69, 9.17) is 22.3 Å². The van der Waals surface area contributed by atoms with Crippen LogP contribution in [0, 0.1) is 6.92 Å². The number of rotatable bonds is 2. The fraction of sp³-hybridized carbons (Fsp3) is 0.286. The lowest BCUT2D eigenvalue weighted by molar-refractivity contribution is 0.150. The molecule has 1 rings (SSSR count). The van der Waals surface area contributed by atoms with E-state index in [1.165, 1.54) is 6.92 Å². The van der Waals surface area contributed by atoms with Crippen molar-refractivity contribution in [3.05, 3.63) is 22.5 Å². The molecule has 1 aromatic heterocycles. The molecule has 0 unspecified atom stereocenters. The zero-order valence-corrected chi connectivity index (χ0v) is 9.67. The molecule has 15 heavy (non-hydrogen) atoms. The highest BCUT2D eigenvalue weighted by molar-refractivity contribution is 8.13. The van der Waals surface area contributed by atoms with Crippen molar-refractivity contribution in [1.82, 2.24) is 4.98 Å². The first-order valence-corrected chi connectivity index (χ1v) is 6.32. The summed E-state index contributed by atoms with van der Waals surface area (Å²) in [6.45, 7) is 1.30. The van der Waals surface area contributed by atoms with Crippen LogP contribution in [0.5, 0.6) is 0 Å². The summed E-state index contributed by atoms with van der Waals surface area (Å²) >= 11 is 5.47. The minimum atomic E-state index is -4.16. The van der Waals surface area contributed by atoms with E-state index >= 15 is 0 Å². The Labute approximate surface area is 94.4 Å². The predicted octanol–water partition coefficient (Wildman–Crippen LogP) is 2.91. The Kier molecular flexibility index (Phi) is 3.52. The van der Waals surface area contributed by atoms with Crippen molar-refractivity contribution in [2.24, 2.45) is 0 Å². The van der Waals surface area contributed by atoms with E-state index in [0.29, 0.717) is 0 Å². The zero-order chi connectivity index (χ0) is 11.8. The van der Waals surface area contributed by atoms with Gasteiger partial charge in [0.1, 0.15) is 10.0 Å². The molecule has 0 aliphatic rings. The SMILES string of the molecule is Cc1nc(Cl)c(S(=O)(=O)Cl)cc1C(F)F. The van der Waals surface area contributed by atoms with Crippen LogP contribution in [-0.2, 0) is 9.05 Å². The molecule has 1 aromatic rings. The molecule has 3 nitrogen and oxygen atoms in total. The predicted molar refractivity (Wildman–Crippen MR) is 52.0 cm³/mol. The standard InChI is InChI=1S/C7H5Cl2F2NO2S/c1-3-4(7(10)11)2-5(6(8)12-3)15(9,13)14/h2,7H,1H3. The minimum Gasteiger partial charge on any atom is -0.240 e. The third-order valence-electron chi connectivity index (χ3n) is 1.67. The van der Waals surface area contributed by atoms with Crippen molar-refractivity contribution in [1.29, 1.82) is 0 Å². The van der Waals surface area contributed by atoms with Gasteiger partial charge in [-0.25, -0.2) is 22.2 Å².